The van der Waals surface area contributed by atoms with Crippen LogP contribution in [-0.2, 0) is 22.6 Å². The third-order valence-electron chi connectivity index (χ3n) is 5.00. The van der Waals surface area contributed by atoms with E-state index in [0.29, 0.717) is 11.4 Å². The number of hydrogen-bond donors (Lipinski definition) is 1. The molecular formula is C24H25F3N2O5. The molecule has 0 spiro atoms. The molecule has 1 heterocycles. The normalized spacial score (nSPS) is 12.6. The van der Waals surface area contributed by atoms with Crippen molar-refractivity contribution in [1.29, 1.82) is 0 Å². The number of carbonyl (C=O) groups is 1. The fourth-order valence-corrected chi connectivity index (χ4v) is 3.32. The number of carboxylic acid groups (broad SMARTS) is 1. The van der Waals surface area contributed by atoms with E-state index in [1.54, 1.807) is 35.1 Å². The number of nitrogens with zero attached hydrogens (tertiary/aromatic N) is 2. The third-order valence-corrected chi connectivity index (χ3v) is 5.00. The van der Waals surface area contributed by atoms with E-state index < -0.39 is 18.4 Å². The van der Waals surface area contributed by atoms with Gasteiger partial charge in [-0.1, -0.05) is 26.0 Å². The van der Waals surface area contributed by atoms with E-state index >= 15 is 0 Å². The highest BCUT2D eigenvalue weighted by Crippen LogP contribution is 2.26. The van der Waals surface area contributed by atoms with Crippen LogP contribution in [0.15, 0.2) is 54.7 Å². The number of ether oxygens (including phenoxy) is 3. The summed E-state index contributed by atoms with van der Waals surface area (Å²) in [6.07, 6.45) is -3.65. The van der Waals surface area contributed by atoms with Crippen molar-refractivity contribution in [1.82, 2.24) is 9.78 Å². The minimum absolute atomic E-state index is 0.0945. The van der Waals surface area contributed by atoms with E-state index in [1.165, 1.54) is 31.4 Å². The van der Waals surface area contributed by atoms with Gasteiger partial charge in [0.1, 0.15) is 18.1 Å². The van der Waals surface area contributed by atoms with E-state index in [1.807, 2.05) is 13.8 Å². The Hall–Kier alpha value is -3.53. The van der Waals surface area contributed by atoms with E-state index in [2.05, 4.69) is 9.84 Å². The molecule has 182 valence electrons. The summed E-state index contributed by atoms with van der Waals surface area (Å²) in [5.41, 5.74) is 3.02. The van der Waals surface area contributed by atoms with Crippen molar-refractivity contribution >= 4 is 5.97 Å². The van der Waals surface area contributed by atoms with Crippen molar-refractivity contribution in [3.63, 3.8) is 0 Å². The topological polar surface area (TPSA) is 82.8 Å². The molecule has 0 bridgehead atoms. The van der Waals surface area contributed by atoms with Crippen molar-refractivity contribution in [3.8, 4) is 17.2 Å². The second-order valence-electron chi connectivity index (χ2n) is 7.88. The molecule has 0 aliphatic heterocycles. The maximum Gasteiger partial charge on any atom is 0.573 e. The first-order chi connectivity index (χ1) is 16.1. The van der Waals surface area contributed by atoms with Gasteiger partial charge in [0.15, 0.2) is 6.10 Å². The first kappa shape index (κ1) is 25.1. The van der Waals surface area contributed by atoms with Crippen LogP contribution >= 0.6 is 0 Å². The van der Waals surface area contributed by atoms with E-state index in [0.717, 1.165) is 16.8 Å². The van der Waals surface area contributed by atoms with Crippen molar-refractivity contribution in [3.05, 3.63) is 71.5 Å². The fraction of sp³-hybridized carbons (Fsp3) is 0.333. The van der Waals surface area contributed by atoms with Gasteiger partial charge in [-0.2, -0.15) is 5.10 Å². The lowest BCUT2D eigenvalue weighted by Crippen LogP contribution is -2.24. The van der Waals surface area contributed by atoms with Crippen LogP contribution in [0.5, 0.6) is 11.5 Å². The summed E-state index contributed by atoms with van der Waals surface area (Å²) in [5.74, 6) is -0.635. The first-order valence-electron chi connectivity index (χ1n) is 10.5. The number of rotatable bonds is 10. The summed E-state index contributed by atoms with van der Waals surface area (Å²) in [5, 5.41) is 13.7. The zero-order valence-electron chi connectivity index (χ0n) is 18.9. The summed E-state index contributed by atoms with van der Waals surface area (Å²) in [4.78, 5) is 11.1. The maximum atomic E-state index is 12.4. The van der Waals surface area contributed by atoms with Crippen molar-refractivity contribution in [2.75, 3.05) is 7.11 Å². The summed E-state index contributed by atoms with van der Waals surface area (Å²) in [7, 11) is 1.35. The molecule has 0 saturated carbocycles. The Labute approximate surface area is 194 Å². The summed E-state index contributed by atoms with van der Waals surface area (Å²) >= 11 is 0. The van der Waals surface area contributed by atoms with Gasteiger partial charge in [-0.05, 0) is 47.9 Å². The molecule has 0 fully saturated rings. The molecule has 7 nitrogen and oxygen atoms in total. The van der Waals surface area contributed by atoms with Gasteiger partial charge >= 0.3 is 12.3 Å². The Bertz CT molecular complexity index is 1090. The number of carboxylic acids is 1. The van der Waals surface area contributed by atoms with Gasteiger partial charge in [0.05, 0.1) is 11.4 Å². The van der Waals surface area contributed by atoms with Crippen LogP contribution < -0.4 is 9.47 Å². The van der Waals surface area contributed by atoms with Crippen LogP contribution in [0.4, 0.5) is 13.2 Å². The third kappa shape index (κ3) is 6.74. The number of halogens is 3. The van der Waals surface area contributed by atoms with Gasteiger partial charge in [0.25, 0.3) is 0 Å². The predicted molar refractivity (Wildman–Crippen MR) is 117 cm³/mol. The molecule has 0 aliphatic rings. The monoisotopic (exact) mass is 478 g/mol. The number of alkyl halides is 3. The number of hydrogen-bond acceptors (Lipinski definition) is 5. The van der Waals surface area contributed by atoms with Crippen molar-refractivity contribution < 1.29 is 37.3 Å². The predicted octanol–water partition coefficient (Wildman–Crippen LogP) is 5.12. The molecule has 0 amide bonds. The minimum Gasteiger partial charge on any atom is -0.489 e. The van der Waals surface area contributed by atoms with Crippen LogP contribution in [0.25, 0.3) is 5.69 Å². The molecule has 10 heteroatoms. The lowest BCUT2D eigenvalue weighted by molar-refractivity contribution is -0.274. The molecule has 0 radical (unpaired) electrons. The molecule has 1 atom stereocenters. The molecule has 0 saturated heterocycles. The van der Waals surface area contributed by atoms with Gasteiger partial charge in [-0.25, -0.2) is 9.48 Å². The fourth-order valence-electron chi connectivity index (χ4n) is 3.32. The molecule has 0 aliphatic carbocycles. The van der Waals surface area contributed by atoms with Crippen LogP contribution in [0.3, 0.4) is 0 Å². The number of aliphatic carboxylic acids is 1. The lowest BCUT2D eigenvalue weighted by Gasteiger charge is -2.11. The van der Waals surface area contributed by atoms with E-state index in [-0.39, 0.29) is 24.7 Å². The van der Waals surface area contributed by atoms with Crippen LogP contribution in [0.2, 0.25) is 0 Å². The van der Waals surface area contributed by atoms with Gasteiger partial charge in [-0.15, -0.1) is 13.2 Å². The zero-order valence-corrected chi connectivity index (χ0v) is 18.9. The van der Waals surface area contributed by atoms with E-state index in [9.17, 15) is 18.0 Å². The molecule has 34 heavy (non-hydrogen) atoms. The van der Waals surface area contributed by atoms with E-state index in [4.69, 9.17) is 14.6 Å². The summed E-state index contributed by atoms with van der Waals surface area (Å²) in [6, 6.07) is 12.5. The second kappa shape index (κ2) is 10.6. The Morgan fingerprint density at radius 3 is 2.21 bits per heavy atom. The van der Waals surface area contributed by atoms with Gasteiger partial charge < -0.3 is 19.3 Å². The largest absolute Gasteiger partial charge is 0.573 e. The highest BCUT2D eigenvalue weighted by Gasteiger charge is 2.31. The smallest absolute Gasteiger partial charge is 0.489 e. The van der Waals surface area contributed by atoms with Gasteiger partial charge in [0, 0.05) is 25.3 Å². The molecule has 3 rings (SSSR count). The van der Waals surface area contributed by atoms with Gasteiger partial charge in [-0.3, -0.25) is 0 Å². The quantitative estimate of drug-likeness (QED) is 0.436. The van der Waals surface area contributed by atoms with Gasteiger partial charge in [0.2, 0.25) is 0 Å². The van der Waals surface area contributed by atoms with Crippen LogP contribution in [-0.4, -0.2) is 40.4 Å². The van der Waals surface area contributed by atoms with Crippen molar-refractivity contribution in [2.24, 2.45) is 0 Å². The average Bonchev–Trinajstić information content (AvgIpc) is 3.20. The molecule has 0 unspecified atom stereocenters. The first-order valence-corrected chi connectivity index (χ1v) is 10.5. The van der Waals surface area contributed by atoms with Crippen LogP contribution in [0.1, 0.15) is 36.6 Å². The van der Waals surface area contributed by atoms with Crippen LogP contribution in [0, 0.1) is 0 Å². The number of benzene rings is 2. The summed E-state index contributed by atoms with van der Waals surface area (Å²) < 4.78 is 53.5. The number of aromatic nitrogens is 2. The zero-order chi connectivity index (χ0) is 24.9. The highest BCUT2D eigenvalue weighted by molar-refractivity contribution is 5.72. The Balaban J connectivity index is 1.70. The molecule has 1 N–H and O–H groups in total. The minimum atomic E-state index is -4.75. The molecular weight excluding hydrogens is 453 g/mol. The average molecular weight is 478 g/mol. The Morgan fingerprint density at radius 1 is 1.06 bits per heavy atom. The maximum absolute atomic E-state index is 12.4. The number of methoxy groups -OCH3 is 1. The molecule has 3 aromatic rings. The second-order valence-corrected chi connectivity index (χ2v) is 7.88. The van der Waals surface area contributed by atoms with Crippen molar-refractivity contribution in [2.45, 2.75) is 45.3 Å². The molecule has 2 aromatic carbocycles. The summed E-state index contributed by atoms with van der Waals surface area (Å²) in [6.45, 7) is 4.21. The Morgan fingerprint density at radius 2 is 1.68 bits per heavy atom. The standard InChI is InChI=1S/C24H25F3N2O5/c1-15(2)22-17(13-29(28-22)18-6-10-20(11-7-18)34-24(25,26)27)14-33-19-8-4-16(5-9-19)12-21(32-3)23(30)31/h4-11,13,15,21H,12,14H2,1-3H3,(H,30,31)/t21-/m0/s1. The Kier molecular flexibility index (Phi) is 7.83. The lowest BCUT2D eigenvalue weighted by atomic mass is 10.1. The molecule has 1 aromatic heterocycles. The highest BCUT2D eigenvalue weighted by atomic mass is 19.4. The SMILES string of the molecule is CO[C@@H](Cc1ccc(OCc2cn(-c3ccc(OC(F)(F)F)cc3)nc2C(C)C)cc1)C(=O)O.